The van der Waals surface area contributed by atoms with Crippen LogP contribution in [0.1, 0.15) is 25.0 Å². The Labute approximate surface area is 161 Å². The van der Waals surface area contributed by atoms with E-state index in [1.54, 1.807) is 38.1 Å². The summed E-state index contributed by atoms with van der Waals surface area (Å²) in [7, 11) is -3.42. The average Bonchev–Trinajstić information content (AvgIpc) is 2.59. The summed E-state index contributed by atoms with van der Waals surface area (Å²) in [5.41, 5.74) is 0.779. The van der Waals surface area contributed by atoms with Crippen molar-refractivity contribution in [1.29, 1.82) is 0 Å². The SMILES string of the molecule is CC(C)NS(=O)(=O)Cc1ccc(CNc2ccc([N+](=O)[O-])cc2[N+](=O)[O-])cc1. The molecule has 0 bridgehead atoms. The maximum Gasteiger partial charge on any atom is 0.299 e. The minimum Gasteiger partial charge on any atom is -0.375 e. The zero-order valence-corrected chi connectivity index (χ0v) is 16.1. The molecular formula is C17H20N4O6S. The van der Waals surface area contributed by atoms with E-state index in [1.165, 1.54) is 12.1 Å². The van der Waals surface area contributed by atoms with Crippen molar-refractivity contribution in [3.63, 3.8) is 0 Å². The summed E-state index contributed by atoms with van der Waals surface area (Å²) in [6, 6.07) is 9.94. The van der Waals surface area contributed by atoms with Crippen LogP contribution < -0.4 is 10.0 Å². The molecule has 28 heavy (non-hydrogen) atoms. The summed E-state index contributed by atoms with van der Waals surface area (Å²) in [5, 5.41) is 24.8. The number of nitro benzene ring substituents is 2. The monoisotopic (exact) mass is 408 g/mol. The second-order valence-corrected chi connectivity index (χ2v) is 8.17. The first-order valence-electron chi connectivity index (χ1n) is 8.32. The second kappa shape index (κ2) is 8.76. The molecule has 0 aliphatic carbocycles. The van der Waals surface area contributed by atoms with Gasteiger partial charge in [0.15, 0.2) is 0 Å². The molecule has 2 rings (SSSR count). The number of sulfonamides is 1. The first kappa shape index (κ1) is 21.3. The minimum absolute atomic E-state index is 0.146. The molecule has 0 saturated carbocycles. The summed E-state index contributed by atoms with van der Waals surface area (Å²) in [5.74, 6) is -0.146. The van der Waals surface area contributed by atoms with Crippen molar-refractivity contribution in [3.05, 3.63) is 73.8 Å². The van der Waals surface area contributed by atoms with Gasteiger partial charge in [0, 0.05) is 18.7 Å². The summed E-state index contributed by atoms with van der Waals surface area (Å²) in [6.45, 7) is 3.71. The number of nitro groups is 2. The van der Waals surface area contributed by atoms with Gasteiger partial charge in [0.1, 0.15) is 5.69 Å². The summed E-state index contributed by atoms with van der Waals surface area (Å²) in [6.07, 6.45) is 0. The normalized spacial score (nSPS) is 11.4. The number of hydrogen-bond acceptors (Lipinski definition) is 7. The summed E-state index contributed by atoms with van der Waals surface area (Å²) < 4.78 is 26.4. The van der Waals surface area contributed by atoms with Crippen LogP contribution in [-0.2, 0) is 22.3 Å². The lowest BCUT2D eigenvalue weighted by Gasteiger charge is -2.10. The van der Waals surface area contributed by atoms with E-state index in [0.29, 0.717) is 5.56 Å². The molecule has 150 valence electrons. The highest BCUT2D eigenvalue weighted by Gasteiger charge is 2.19. The molecule has 0 aliphatic heterocycles. The number of nitrogens with one attached hydrogen (secondary N) is 2. The number of non-ortho nitro benzene ring substituents is 1. The van der Waals surface area contributed by atoms with Gasteiger partial charge < -0.3 is 5.32 Å². The number of hydrogen-bond donors (Lipinski definition) is 2. The Morgan fingerprint density at radius 1 is 0.964 bits per heavy atom. The van der Waals surface area contributed by atoms with Gasteiger partial charge in [0.2, 0.25) is 10.0 Å². The summed E-state index contributed by atoms with van der Waals surface area (Å²) >= 11 is 0. The largest absolute Gasteiger partial charge is 0.375 e. The van der Waals surface area contributed by atoms with Crippen LogP contribution in [0.15, 0.2) is 42.5 Å². The van der Waals surface area contributed by atoms with E-state index in [-0.39, 0.29) is 29.7 Å². The molecule has 10 nitrogen and oxygen atoms in total. The standard InChI is InChI=1S/C17H20N4O6S/c1-12(2)19-28(26,27)11-14-5-3-13(4-6-14)10-18-16-8-7-15(20(22)23)9-17(16)21(24)25/h3-9,12,18-19H,10-11H2,1-2H3. The molecule has 0 spiro atoms. The Balaban J connectivity index is 2.08. The first-order chi connectivity index (χ1) is 13.1. The second-order valence-electron chi connectivity index (χ2n) is 6.42. The fraction of sp³-hybridized carbons (Fsp3) is 0.294. The highest BCUT2D eigenvalue weighted by atomic mass is 32.2. The van der Waals surface area contributed by atoms with Crippen molar-refractivity contribution in [2.75, 3.05) is 5.32 Å². The molecule has 0 amide bonds. The third kappa shape index (κ3) is 5.99. The molecule has 0 unspecified atom stereocenters. The number of anilines is 1. The smallest absolute Gasteiger partial charge is 0.299 e. The molecule has 2 aromatic rings. The Morgan fingerprint density at radius 3 is 2.11 bits per heavy atom. The lowest BCUT2D eigenvalue weighted by atomic mass is 10.1. The molecule has 2 N–H and O–H groups in total. The number of rotatable bonds is 9. The Kier molecular flexibility index (Phi) is 6.65. The van der Waals surface area contributed by atoms with Gasteiger partial charge in [-0.1, -0.05) is 24.3 Å². The predicted molar refractivity (Wildman–Crippen MR) is 104 cm³/mol. The molecule has 11 heteroatoms. The quantitative estimate of drug-likeness (QED) is 0.479. The molecule has 0 atom stereocenters. The van der Waals surface area contributed by atoms with Gasteiger partial charge in [-0.05, 0) is 31.0 Å². The van der Waals surface area contributed by atoms with Gasteiger partial charge in [0.25, 0.3) is 11.4 Å². The van der Waals surface area contributed by atoms with E-state index < -0.39 is 25.6 Å². The van der Waals surface area contributed by atoms with E-state index in [9.17, 15) is 28.6 Å². The van der Waals surface area contributed by atoms with E-state index in [0.717, 1.165) is 11.6 Å². The zero-order chi connectivity index (χ0) is 20.9. The van der Waals surface area contributed by atoms with Crippen LogP contribution >= 0.6 is 0 Å². The van der Waals surface area contributed by atoms with Crippen LogP contribution in [0.4, 0.5) is 17.1 Å². The lowest BCUT2D eigenvalue weighted by Crippen LogP contribution is -2.31. The molecule has 0 fully saturated rings. The fourth-order valence-corrected chi connectivity index (χ4v) is 3.94. The van der Waals surface area contributed by atoms with Crippen LogP contribution in [0, 0.1) is 20.2 Å². The van der Waals surface area contributed by atoms with E-state index in [2.05, 4.69) is 10.0 Å². The Morgan fingerprint density at radius 2 is 1.57 bits per heavy atom. The van der Waals surface area contributed by atoms with Gasteiger partial charge in [-0.25, -0.2) is 13.1 Å². The average molecular weight is 408 g/mol. The fourth-order valence-electron chi connectivity index (χ4n) is 2.50. The van der Waals surface area contributed by atoms with Gasteiger partial charge >= 0.3 is 0 Å². The molecule has 0 aliphatic rings. The maximum atomic E-state index is 11.9. The van der Waals surface area contributed by atoms with Gasteiger partial charge in [0.05, 0.1) is 21.7 Å². The minimum atomic E-state index is -3.42. The Bertz CT molecular complexity index is 974. The van der Waals surface area contributed by atoms with E-state index >= 15 is 0 Å². The van der Waals surface area contributed by atoms with Crippen molar-refractivity contribution in [3.8, 4) is 0 Å². The molecular weight excluding hydrogens is 388 g/mol. The lowest BCUT2D eigenvalue weighted by molar-refractivity contribution is -0.393. The third-order valence-electron chi connectivity index (χ3n) is 3.67. The van der Waals surface area contributed by atoms with E-state index in [4.69, 9.17) is 0 Å². The van der Waals surface area contributed by atoms with Gasteiger partial charge in [-0.3, -0.25) is 20.2 Å². The van der Waals surface area contributed by atoms with Crippen molar-refractivity contribution in [1.82, 2.24) is 4.72 Å². The topological polar surface area (TPSA) is 144 Å². The number of benzene rings is 2. The van der Waals surface area contributed by atoms with Crippen LogP contribution in [0.25, 0.3) is 0 Å². The van der Waals surface area contributed by atoms with E-state index in [1.807, 2.05) is 0 Å². The van der Waals surface area contributed by atoms with Crippen LogP contribution in [-0.4, -0.2) is 24.3 Å². The van der Waals surface area contributed by atoms with Crippen LogP contribution in [0.2, 0.25) is 0 Å². The molecule has 0 radical (unpaired) electrons. The van der Waals surface area contributed by atoms with Crippen molar-refractivity contribution in [2.24, 2.45) is 0 Å². The van der Waals surface area contributed by atoms with Crippen molar-refractivity contribution in [2.45, 2.75) is 32.2 Å². The van der Waals surface area contributed by atoms with Crippen molar-refractivity contribution < 1.29 is 18.3 Å². The highest BCUT2D eigenvalue weighted by molar-refractivity contribution is 7.88. The van der Waals surface area contributed by atoms with Gasteiger partial charge in [-0.15, -0.1) is 0 Å². The number of nitrogens with zero attached hydrogens (tertiary/aromatic N) is 2. The maximum absolute atomic E-state index is 11.9. The van der Waals surface area contributed by atoms with Crippen LogP contribution in [0.3, 0.4) is 0 Å². The zero-order valence-electron chi connectivity index (χ0n) is 15.3. The first-order valence-corrected chi connectivity index (χ1v) is 9.97. The third-order valence-corrected chi connectivity index (χ3v) is 5.21. The van der Waals surface area contributed by atoms with Crippen LogP contribution in [0.5, 0.6) is 0 Å². The van der Waals surface area contributed by atoms with Gasteiger partial charge in [-0.2, -0.15) is 0 Å². The highest BCUT2D eigenvalue weighted by Crippen LogP contribution is 2.29. The van der Waals surface area contributed by atoms with Crippen molar-refractivity contribution >= 4 is 27.1 Å². The Hall–Kier alpha value is -3.05. The predicted octanol–water partition coefficient (Wildman–Crippen LogP) is 2.94. The molecule has 2 aromatic carbocycles. The molecule has 0 aromatic heterocycles. The molecule has 0 saturated heterocycles. The molecule has 0 heterocycles. The summed E-state index contributed by atoms with van der Waals surface area (Å²) in [4.78, 5) is 20.5.